The van der Waals surface area contributed by atoms with Crippen molar-refractivity contribution in [3.63, 3.8) is 0 Å². The highest BCUT2D eigenvalue weighted by molar-refractivity contribution is 9.10. The maximum atomic E-state index is 7.80. The van der Waals surface area contributed by atoms with E-state index < -0.39 is 12.9 Å². The Morgan fingerprint density at radius 3 is 2.60 bits per heavy atom. The lowest BCUT2D eigenvalue weighted by atomic mass is 10.1. The lowest BCUT2D eigenvalue weighted by Gasteiger charge is -2.19. The lowest BCUT2D eigenvalue weighted by molar-refractivity contribution is 0.885. The van der Waals surface area contributed by atoms with Crippen LogP contribution in [0.5, 0.6) is 0 Å². The molecule has 0 saturated heterocycles. The largest absolute Gasteiger partial charge is 0.396 e. The molecule has 2 rings (SSSR count). The van der Waals surface area contributed by atoms with Crippen molar-refractivity contribution >= 4 is 62.1 Å². The minimum Gasteiger partial charge on any atom is -0.396 e. The number of halogens is 4. The van der Waals surface area contributed by atoms with Crippen molar-refractivity contribution in [2.45, 2.75) is 12.9 Å². The molecule has 0 bridgehead atoms. The molecule has 1 unspecified atom stereocenters. The van der Waals surface area contributed by atoms with Gasteiger partial charge in [0.25, 0.3) is 0 Å². The highest BCUT2D eigenvalue weighted by Gasteiger charge is 2.13. The third-order valence-corrected chi connectivity index (χ3v) is 4.00. The fraction of sp³-hybridized carbons (Fsp3) is 0.143. The average molecular weight is 398 g/mol. The third kappa shape index (κ3) is 3.53. The van der Waals surface area contributed by atoms with Gasteiger partial charge in [0, 0.05) is 18.6 Å². The first-order valence-corrected chi connectivity index (χ1v) is 7.48. The van der Waals surface area contributed by atoms with Gasteiger partial charge >= 0.3 is 0 Å². The van der Waals surface area contributed by atoms with Gasteiger partial charge in [0.2, 0.25) is 0 Å². The van der Waals surface area contributed by atoms with Crippen molar-refractivity contribution in [3.8, 4) is 0 Å². The second-order valence-electron chi connectivity index (χ2n) is 4.09. The Morgan fingerprint density at radius 1 is 1.20 bits per heavy atom. The molecule has 0 aromatic heterocycles. The summed E-state index contributed by atoms with van der Waals surface area (Å²) in [6, 6.07) is 6.87. The molecule has 0 radical (unpaired) electrons. The molecule has 0 fully saturated rings. The van der Waals surface area contributed by atoms with Gasteiger partial charge in [0.1, 0.15) is 0 Å². The van der Waals surface area contributed by atoms with Crippen LogP contribution in [0.15, 0.2) is 34.8 Å². The van der Waals surface area contributed by atoms with Crippen molar-refractivity contribution in [2.75, 3.05) is 11.1 Å². The summed E-state index contributed by atoms with van der Waals surface area (Å²) >= 11 is 21.4. The van der Waals surface area contributed by atoms with Crippen LogP contribution >= 0.6 is 50.7 Å². The zero-order chi connectivity index (χ0) is 17.4. The van der Waals surface area contributed by atoms with Crippen LogP contribution in [-0.4, -0.2) is 0 Å². The fourth-order valence-corrected chi connectivity index (χ4v) is 3.00. The molecular formula is C14H12BrCl3N2. The molecule has 2 aromatic carbocycles. The topological polar surface area (TPSA) is 38.0 Å². The number of hydrogen-bond acceptors (Lipinski definition) is 2. The van der Waals surface area contributed by atoms with Crippen molar-refractivity contribution < 1.29 is 4.11 Å². The van der Waals surface area contributed by atoms with Crippen LogP contribution in [0.3, 0.4) is 0 Å². The summed E-state index contributed by atoms with van der Waals surface area (Å²) in [5.41, 5.74) is 6.98. The van der Waals surface area contributed by atoms with Crippen LogP contribution in [0.4, 0.5) is 11.4 Å². The van der Waals surface area contributed by atoms with E-state index in [4.69, 9.17) is 44.6 Å². The zero-order valence-corrected chi connectivity index (χ0v) is 13.9. The summed E-state index contributed by atoms with van der Waals surface area (Å²) in [7, 11) is 0. The Morgan fingerprint density at radius 2 is 1.95 bits per heavy atom. The van der Waals surface area contributed by atoms with Crippen LogP contribution in [0.25, 0.3) is 0 Å². The van der Waals surface area contributed by atoms with Gasteiger partial charge < -0.3 is 11.1 Å². The number of nitrogen functional groups attached to an aromatic ring is 1. The average Bonchev–Trinajstić information content (AvgIpc) is 2.40. The molecule has 2 aromatic rings. The fourth-order valence-electron chi connectivity index (χ4n) is 1.67. The first kappa shape index (κ1) is 12.0. The van der Waals surface area contributed by atoms with E-state index in [0.29, 0.717) is 25.8 Å². The van der Waals surface area contributed by atoms with Gasteiger partial charge in [-0.3, -0.25) is 0 Å². The van der Waals surface area contributed by atoms with Crippen molar-refractivity contribution in [3.05, 3.63) is 55.4 Å². The smallest absolute Gasteiger partial charge is 0.0740 e. The molecule has 0 aliphatic carbocycles. The summed E-state index contributed by atoms with van der Waals surface area (Å²) < 4.78 is 24.1. The molecule has 3 N–H and O–H groups in total. The minimum absolute atomic E-state index is 0.255. The summed E-state index contributed by atoms with van der Waals surface area (Å²) in [5.74, 6) is 0. The van der Waals surface area contributed by atoms with Crippen LogP contribution in [0.1, 0.15) is 22.6 Å². The second-order valence-corrected chi connectivity index (χ2v) is 6.26. The highest BCUT2D eigenvalue weighted by atomic mass is 79.9. The van der Waals surface area contributed by atoms with Crippen LogP contribution in [0, 0.1) is 0 Å². The maximum absolute atomic E-state index is 7.80. The van der Waals surface area contributed by atoms with Crippen LogP contribution in [-0.2, 0) is 0 Å². The predicted molar refractivity (Wildman–Crippen MR) is 92.1 cm³/mol. The van der Waals surface area contributed by atoms with Crippen molar-refractivity contribution in [2.24, 2.45) is 0 Å². The van der Waals surface area contributed by atoms with E-state index >= 15 is 0 Å². The van der Waals surface area contributed by atoms with E-state index in [-0.39, 0.29) is 10.7 Å². The Bertz CT molecular complexity index is 738. The number of hydrogen-bond donors (Lipinski definition) is 2. The van der Waals surface area contributed by atoms with E-state index in [0.717, 1.165) is 0 Å². The van der Waals surface area contributed by atoms with Crippen LogP contribution < -0.4 is 11.1 Å². The monoisotopic (exact) mass is 395 g/mol. The van der Waals surface area contributed by atoms with Gasteiger partial charge in [-0.1, -0.05) is 56.8 Å². The molecule has 20 heavy (non-hydrogen) atoms. The Labute approximate surface area is 145 Å². The summed E-state index contributed by atoms with van der Waals surface area (Å²) in [4.78, 5) is 0. The van der Waals surface area contributed by atoms with E-state index in [9.17, 15) is 0 Å². The van der Waals surface area contributed by atoms with E-state index in [1.807, 2.05) is 0 Å². The van der Waals surface area contributed by atoms with Gasteiger partial charge in [0.05, 0.1) is 22.4 Å². The molecule has 2 nitrogen and oxygen atoms in total. The standard InChI is InChI=1S/C14H12BrCl3N2/c1-7(10-3-2-9(16)6-11(10)17)20-13-5-8(15)4-12(18)14(13)19/h2-7,20H,19H2,1H3/i1D3. The van der Waals surface area contributed by atoms with E-state index in [1.54, 1.807) is 24.3 Å². The summed E-state index contributed by atoms with van der Waals surface area (Å²) in [6.45, 7) is -2.36. The number of benzene rings is 2. The Kier molecular flexibility index (Phi) is 3.86. The summed E-state index contributed by atoms with van der Waals surface area (Å²) in [6.07, 6.45) is 0. The molecule has 1 atom stereocenters. The Hall–Kier alpha value is -0.610. The second kappa shape index (κ2) is 6.44. The van der Waals surface area contributed by atoms with Crippen LogP contribution in [0.2, 0.25) is 15.1 Å². The molecule has 0 aliphatic rings. The van der Waals surface area contributed by atoms with Crippen molar-refractivity contribution in [1.29, 1.82) is 0 Å². The molecular weight excluding hydrogens is 382 g/mol. The molecule has 0 aliphatic heterocycles. The van der Waals surface area contributed by atoms with Gasteiger partial charge in [-0.05, 0) is 36.7 Å². The Balaban J connectivity index is 2.50. The van der Waals surface area contributed by atoms with Gasteiger partial charge in [0.15, 0.2) is 0 Å². The molecule has 0 amide bonds. The highest BCUT2D eigenvalue weighted by Crippen LogP contribution is 2.35. The molecule has 6 heteroatoms. The molecule has 0 spiro atoms. The number of anilines is 2. The van der Waals surface area contributed by atoms with Gasteiger partial charge in [-0.15, -0.1) is 0 Å². The molecule has 0 saturated carbocycles. The van der Waals surface area contributed by atoms with Gasteiger partial charge in [-0.2, -0.15) is 0 Å². The number of nitrogens with one attached hydrogen (secondary N) is 1. The number of rotatable bonds is 3. The molecule has 0 heterocycles. The normalized spacial score (nSPS) is 15.1. The first-order chi connectivity index (χ1) is 10.6. The van der Waals surface area contributed by atoms with E-state index in [2.05, 4.69) is 21.2 Å². The van der Waals surface area contributed by atoms with Gasteiger partial charge in [-0.25, -0.2) is 0 Å². The summed E-state index contributed by atoms with van der Waals surface area (Å²) in [5, 5.41) is 3.91. The zero-order valence-electron chi connectivity index (χ0n) is 13.1. The number of nitrogens with two attached hydrogens (primary N) is 1. The maximum Gasteiger partial charge on any atom is 0.0740 e. The van der Waals surface area contributed by atoms with E-state index in [1.165, 1.54) is 6.07 Å². The molecule has 106 valence electrons. The first-order valence-electron chi connectivity index (χ1n) is 7.05. The van der Waals surface area contributed by atoms with Crippen molar-refractivity contribution in [1.82, 2.24) is 0 Å². The lowest BCUT2D eigenvalue weighted by Crippen LogP contribution is -2.09. The SMILES string of the molecule is [2H]C([2H])([2H])C(Nc1cc(Br)cc(Cl)c1N)c1ccc(Cl)cc1Cl. The quantitative estimate of drug-likeness (QED) is 0.608. The predicted octanol–water partition coefficient (Wildman–Crippen LogP) is 6.16. The minimum atomic E-state index is -2.36. The third-order valence-electron chi connectivity index (χ3n) is 2.67.